The molecule has 2 heteroatoms. The van der Waals surface area contributed by atoms with Crippen LogP contribution < -0.4 is 4.74 Å². The van der Waals surface area contributed by atoms with Gasteiger partial charge in [-0.1, -0.05) is 13.0 Å². The van der Waals surface area contributed by atoms with E-state index >= 15 is 0 Å². The number of benzene rings is 1. The second-order valence-electron chi connectivity index (χ2n) is 4.29. The molecular weight excluding hydrogens is 220 g/mol. The second-order valence-corrected chi connectivity index (χ2v) is 4.66. The smallest absolute Gasteiger partial charge is 0.122 e. The number of halogens is 1. The first kappa shape index (κ1) is 13.4. The normalized spacial score (nSPS) is 12.6. The third-order valence-corrected chi connectivity index (χ3v) is 3.15. The molecule has 0 aliphatic carbocycles. The highest BCUT2D eigenvalue weighted by Gasteiger charge is 2.11. The highest BCUT2D eigenvalue weighted by Crippen LogP contribution is 2.29. The van der Waals surface area contributed by atoms with E-state index in [1.165, 1.54) is 16.7 Å². The summed E-state index contributed by atoms with van der Waals surface area (Å²) in [5, 5.41) is 0. The zero-order valence-corrected chi connectivity index (χ0v) is 11.4. The fraction of sp³-hybridized carbons (Fsp3) is 0.571. The Kier molecular flexibility index (Phi) is 5.14. The van der Waals surface area contributed by atoms with Crippen LogP contribution in [0.2, 0.25) is 0 Å². The van der Waals surface area contributed by atoms with Crippen LogP contribution in [0.1, 0.15) is 42.9 Å². The minimum absolute atomic E-state index is 0.520. The number of alkyl halides is 1. The average molecular weight is 241 g/mol. The third kappa shape index (κ3) is 3.15. The fourth-order valence-electron chi connectivity index (χ4n) is 1.97. The topological polar surface area (TPSA) is 9.23 Å². The molecular formula is C14H21ClO. The molecule has 0 spiro atoms. The molecule has 0 aliphatic rings. The first-order valence-electron chi connectivity index (χ1n) is 5.90. The summed E-state index contributed by atoms with van der Waals surface area (Å²) < 4.78 is 5.59. The summed E-state index contributed by atoms with van der Waals surface area (Å²) in [5.41, 5.74) is 3.90. The van der Waals surface area contributed by atoms with Crippen molar-refractivity contribution in [2.75, 3.05) is 12.5 Å². The monoisotopic (exact) mass is 240 g/mol. The Morgan fingerprint density at radius 3 is 2.50 bits per heavy atom. The average Bonchev–Trinajstić information content (AvgIpc) is 2.23. The highest BCUT2D eigenvalue weighted by molar-refractivity contribution is 6.17. The van der Waals surface area contributed by atoms with Crippen molar-refractivity contribution in [2.24, 2.45) is 0 Å². The molecule has 16 heavy (non-hydrogen) atoms. The van der Waals surface area contributed by atoms with E-state index in [1.54, 1.807) is 0 Å². The van der Waals surface area contributed by atoms with Crippen LogP contribution >= 0.6 is 11.6 Å². The molecule has 1 nitrogen and oxygen atoms in total. The molecule has 1 rings (SSSR count). The van der Waals surface area contributed by atoms with Gasteiger partial charge in [-0.25, -0.2) is 0 Å². The fourth-order valence-corrected chi connectivity index (χ4v) is 2.30. The van der Waals surface area contributed by atoms with Crippen LogP contribution in [0, 0.1) is 13.8 Å². The zero-order valence-electron chi connectivity index (χ0n) is 10.6. The van der Waals surface area contributed by atoms with Gasteiger partial charge in [0.2, 0.25) is 0 Å². The molecule has 1 unspecified atom stereocenters. The van der Waals surface area contributed by atoms with E-state index in [-0.39, 0.29) is 0 Å². The van der Waals surface area contributed by atoms with Crippen molar-refractivity contribution in [3.05, 3.63) is 28.8 Å². The molecule has 0 fully saturated rings. The molecule has 1 aromatic rings. The van der Waals surface area contributed by atoms with Gasteiger partial charge in [0, 0.05) is 5.88 Å². The summed E-state index contributed by atoms with van der Waals surface area (Å²) in [4.78, 5) is 0. The van der Waals surface area contributed by atoms with Gasteiger partial charge < -0.3 is 4.74 Å². The van der Waals surface area contributed by atoms with Crippen molar-refractivity contribution >= 4 is 11.6 Å². The number of ether oxygens (including phenoxy) is 1. The van der Waals surface area contributed by atoms with Crippen molar-refractivity contribution in [3.63, 3.8) is 0 Å². The highest BCUT2D eigenvalue weighted by atomic mass is 35.5. The Morgan fingerprint density at radius 2 is 1.94 bits per heavy atom. The third-order valence-electron chi connectivity index (χ3n) is 2.94. The summed E-state index contributed by atoms with van der Waals surface area (Å²) in [6.07, 6.45) is 1.02. The molecule has 90 valence electrons. The predicted octanol–water partition coefficient (Wildman–Crippen LogP) is 4.43. The molecule has 0 saturated carbocycles. The predicted molar refractivity (Wildman–Crippen MR) is 70.8 cm³/mol. The van der Waals surface area contributed by atoms with E-state index in [4.69, 9.17) is 16.3 Å². The van der Waals surface area contributed by atoms with E-state index in [1.807, 2.05) is 6.92 Å². The van der Waals surface area contributed by atoms with Gasteiger partial charge in [0.05, 0.1) is 6.61 Å². The van der Waals surface area contributed by atoms with Crippen LogP contribution in [-0.4, -0.2) is 12.5 Å². The lowest BCUT2D eigenvalue weighted by Crippen LogP contribution is -2.01. The van der Waals surface area contributed by atoms with E-state index in [0.29, 0.717) is 11.8 Å². The number of aryl methyl sites for hydroxylation is 2. The van der Waals surface area contributed by atoms with Gasteiger partial charge >= 0.3 is 0 Å². The van der Waals surface area contributed by atoms with Gasteiger partial charge in [-0.05, 0) is 55.9 Å². The minimum atomic E-state index is 0.520. The molecule has 0 saturated heterocycles. The van der Waals surface area contributed by atoms with Crippen molar-refractivity contribution in [1.82, 2.24) is 0 Å². The van der Waals surface area contributed by atoms with Gasteiger partial charge in [-0.15, -0.1) is 11.6 Å². The van der Waals surface area contributed by atoms with Crippen molar-refractivity contribution < 1.29 is 4.74 Å². The molecule has 1 atom stereocenters. The van der Waals surface area contributed by atoms with Gasteiger partial charge in [-0.2, -0.15) is 0 Å². The Labute approximate surface area is 104 Å². The summed E-state index contributed by atoms with van der Waals surface area (Å²) in [5.74, 6) is 2.24. The summed E-state index contributed by atoms with van der Waals surface area (Å²) in [6, 6.07) is 4.37. The summed E-state index contributed by atoms with van der Waals surface area (Å²) >= 11 is 5.79. The Balaban J connectivity index is 3.00. The first-order chi connectivity index (χ1) is 7.60. The quantitative estimate of drug-likeness (QED) is 0.692. The van der Waals surface area contributed by atoms with Crippen LogP contribution in [0.25, 0.3) is 0 Å². The van der Waals surface area contributed by atoms with Crippen molar-refractivity contribution in [1.29, 1.82) is 0 Å². The summed E-state index contributed by atoms with van der Waals surface area (Å²) in [6.45, 7) is 9.20. The van der Waals surface area contributed by atoms with Gasteiger partial charge in [-0.3, -0.25) is 0 Å². The Morgan fingerprint density at radius 1 is 1.25 bits per heavy atom. The maximum Gasteiger partial charge on any atom is 0.122 e. The molecule has 0 N–H and O–H groups in total. The summed E-state index contributed by atoms with van der Waals surface area (Å²) in [7, 11) is 0. The van der Waals surface area contributed by atoms with E-state index in [9.17, 15) is 0 Å². The first-order valence-corrected chi connectivity index (χ1v) is 6.43. The number of rotatable bonds is 5. The Bertz CT molecular complexity index is 347. The second kappa shape index (κ2) is 6.15. The SMILES string of the molecule is CCOc1cc(C)c(C(C)CCCl)cc1C. The van der Waals surface area contributed by atoms with Crippen molar-refractivity contribution in [3.8, 4) is 5.75 Å². The van der Waals surface area contributed by atoms with Crippen molar-refractivity contribution in [2.45, 2.75) is 40.0 Å². The lowest BCUT2D eigenvalue weighted by atomic mass is 9.92. The van der Waals surface area contributed by atoms with Gasteiger partial charge in [0.1, 0.15) is 5.75 Å². The molecule has 0 radical (unpaired) electrons. The largest absolute Gasteiger partial charge is 0.494 e. The molecule has 0 heterocycles. The Hall–Kier alpha value is -0.690. The zero-order chi connectivity index (χ0) is 12.1. The molecule has 0 amide bonds. The van der Waals surface area contributed by atoms with E-state index in [2.05, 4.69) is 32.9 Å². The van der Waals surface area contributed by atoms with E-state index in [0.717, 1.165) is 18.8 Å². The molecule has 0 bridgehead atoms. The van der Waals surface area contributed by atoms with Crippen LogP contribution in [0.3, 0.4) is 0 Å². The lowest BCUT2D eigenvalue weighted by molar-refractivity contribution is 0.337. The van der Waals surface area contributed by atoms with Gasteiger partial charge in [0.15, 0.2) is 0 Å². The van der Waals surface area contributed by atoms with Gasteiger partial charge in [0.25, 0.3) is 0 Å². The maximum atomic E-state index is 5.79. The minimum Gasteiger partial charge on any atom is -0.494 e. The maximum absolute atomic E-state index is 5.79. The van der Waals surface area contributed by atoms with Crippen LogP contribution in [0.15, 0.2) is 12.1 Å². The molecule has 1 aromatic carbocycles. The molecule has 0 aliphatic heterocycles. The van der Waals surface area contributed by atoms with Crippen LogP contribution in [-0.2, 0) is 0 Å². The standard InChI is InChI=1S/C14H21ClO/c1-5-16-14-9-11(3)13(8-12(14)4)10(2)6-7-15/h8-10H,5-7H2,1-4H3. The van der Waals surface area contributed by atoms with Crippen LogP contribution in [0.5, 0.6) is 5.75 Å². The molecule has 0 aromatic heterocycles. The van der Waals surface area contributed by atoms with Crippen LogP contribution in [0.4, 0.5) is 0 Å². The number of hydrogen-bond donors (Lipinski definition) is 0. The van der Waals surface area contributed by atoms with E-state index < -0.39 is 0 Å². The lowest BCUT2D eigenvalue weighted by Gasteiger charge is -2.17. The number of hydrogen-bond acceptors (Lipinski definition) is 1.